The van der Waals surface area contributed by atoms with Gasteiger partial charge in [0.15, 0.2) is 0 Å². The number of carboxylic acids is 2. The minimum atomic E-state index is -1.37. The molecule has 1 aromatic carbocycles. The standard InChI is InChI=1S/C21H24N8O6S2/c1-28(2)10-5-3-9(4-6-10)14(22)17(32)23-15-18(33)29-16(20(34)35)11(8-36-19(15)29)12(7-13(30)31)37-21-24-26-27-25-21/h3-6,12,14-15,19H,7-8,22H2,1-2H3,(H,23,32)(H,30,31)(H,34,35)(H,24,25,26,27)/t12?,14?,15?,19-/m0/s1. The fourth-order valence-electron chi connectivity index (χ4n) is 3.99. The van der Waals surface area contributed by atoms with Crippen LogP contribution in [-0.2, 0) is 19.2 Å². The number of carbonyl (C=O) groups excluding carboxylic acids is 2. The Morgan fingerprint density at radius 1 is 1.30 bits per heavy atom. The van der Waals surface area contributed by atoms with E-state index in [1.165, 1.54) is 11.8 Å². The van der Waals surface area contributed by atoms with Gasteiger partial charge in [-0.3, -0.25) is 19.3 Å². The topological polar surface area (TPSA) is 208 Å². The number of H-pyrrole nitrogens is 1. The lowest BCUT2D eigenvalue weighted by molar-refractivity contribution is -0.150. The molecule has 2 amide bonds. The Bertz CT molecular complexity index is 1240. The monoisotopic (exact) mass is 548 g/mol. The van der Waals surface area contributed by atoms with Crippen LogP contribution in [-0.4, -0.2) is 96.0 Å². The number of thioether (sulfide) groups is 2. The number of aromatic nitrogens is 4. The largest absolute Gasteiger partial charge is 0.481 e. The summed E-state index contributed by atoms with van der Waals surface area (Å²) in [5, 5.41) is 33.8. The molecule has 1 saturated heterocycles. The van der Waals surface area contributed by atoms with E-state index in [1.807, 2.05) is 31.1 Å². The molecule has 1 fully saturated rings. The second-order valence-electron chi connectivity index (χ2n) is 8.45. The fraction of sp³-hybridized carbons (Fsp3) is 0.381. The maximum Gasteiger partial charge on any atom is 0.352 e. The summed E-state index contributed by atoms with van der Waals surface area (Å²) in [6.45, 7) is 0. The second-order valence-corrected chi connectivity index (χ2v) is 10.7. The number of aromatic amines is 1. The number of hydrogen-bond donors (Lipinski definition) is 5. The minimum absolute atomic E-state index is 0.132. The van der Waals surface area contributed by atoms with Gasteiger partial charge in [-0.15, -0.1) is 16.9 Å². The number of fused-ring (bicyclic) bond motifs is 1. The minimum Gasteiger partial charge on any atom is -0.481 e. The SMILES string of the molecule is CN(C)c1ccc(C(N)C(=O)NC2C(=O)N3C(C(=O)O)=C(C(CC(=O)O)Sc4nnn[nH]4)CS[C@@H]23)cc1. The third-order valence-electron chi connectivity index (χ3n) is 5.88. The number of carboxylic acid groups (broad SMARTS) is 2. The molecule has 2 aliphatic heterocycles. The third kappa shape index (κ3) is 5.40. The van der Waals surface area contributed by atoms with Gasteiger partial charge in [0.25, 0.3) is 5.91 Å². The van der Waals surface area contributed by atoms with Crippen molar-refractivity contribution in [2.75, 3.05) is 24.7 Å². The zero-order chi connectivity index (χ0) is 26.9. The first-order chi connectivity index (χ1) is 17.6. The van der Waals surface area contributed by atoms with Crippen LogP contribution in [0.2, 0.25) is 0 Å². The maximum atomic E-state index is 13.0. The van der Waals surface area contributed by atoms with Crippen LogP contribution in [0.15, 0.2) is 40.7 Å². The normalized spacial score (nSPS) is 20.5. The first-order valence-electron chi connectivity index (χ1n) is 10.9. The summed E-state index contributed by atoms with van der Waals surface area (Å²) in [7, 11) is 3.77. The van der Waals surface area contributed by atoms with Gasteiger partial charge in [0.2, 0.25) is 11.1 Å². The summed E-state index contributed by atoms with van der Waals surface area (Å²) >= 11 is 2.19. The molecular weight excluding hydrogens is 524 g/mol. The summed E-state index contributed by atoms with van der Waals surface area (Å²) < 4.78 is 0. The molecule has 14 nitrogen and oxygen atoms in total. The van der Waals surface area contributed by atoms with Crippen molar-refractivity contribution < 1.29 is 29.4 Å². The highest BCUT2D eigenvalue weighted by molar-refractivity contribution is 8.01. The molecule has 3 heterocycles. The van der Waals surface area contributed by atoms with E-state index in [9.17, 15) is 29.4 Å². The summed E-state index contributed by atoms with van der Waals surface area (Å²) in [6.07, 6.45) is -0.410. The Kier molecular flexibility index (Phi) is 7.70. The number of tetrazole rings is 1. The molecule has 4 atom stereocenters. The number of nitrogens with one attached hydrogen (secondary N) is 2. The average molecular weight is 549 g/mol. The Morgan fingerprint density at radius 2 is 2.00 bits per heavy atom. The number of anilines is 1. The Labute approximate surface area is 219 Å². The number of hydrogen-bond acceptors (Lipinski definition) is 11. The lowest BCUT2D eigenvalue weighted by Crippen LogP contribution is -2.71. The molecule has 2 aromatic rings. The predicted molar refractivity (Wildman–Crippen MR) is 133 cm³/mol. The van der Waals surface area contributed by atoms with Gasteiger partial charge in [-0.2, -0.15) is 0 Å². The lowest BCUT2D eigenvalue weighted by atomic mass is 9.99. The van der Waals surface area contributed by atoms with Crippen LogP contribution in [0.25, 0.3) is 0 Å². The van der Waals surface area contributed by atoms with Gasteiger partial charge in [0.05, 0.1) is 6.42 Å². The highest BCUT2D eigenvalue weighted by Crippen LogP contribution is 2.44. The zero-order valence-corrected chi connectivity index (χ0v) is 21.3. The molecule has 0 bridgehead atoms. The quantitative estimate of drug-likeness (QED) is 0.190. The van der Waals surface area contributed by atoms with Gasteiger partial charge in [-0.05, 0) is 33.7 Å². The van der Waals surface area contributed by atoms with Crippen molar-refractivity contribution in [1.29, 1.82) is 0 Å². The van der Waals surface area contributed by atoms with Crippen LogP contribution >= 0.6 is 23.5 Å². The van der Waals surface area contributed by atoms with Crippen LogP contribution in [0, 0.1) is 0 Å². The van der Waals surface area contributed by atoms with Crippen molar-refractivity contribution in [3.8, 4) is 0 Å². The summed E-state index contributed by atoms with van der Waals surface area (Å²) in [5.74, 6) is -3.58. The molecule has 196 valence electrons. The molecule has 6 N–H and O–H groups in total. The Morgan fingerprint density at radius 3 is 2.57 bits per heavy atom. The van der Waals surface area contributed by atoms with Crippen LogP contribution in [0.3, 0.4) is 0 Å². The van der Waals surface area contributed by atoms with Crippen molar-refractivity contribution >= 4 is 53.0 Å². The van der Waals surface area contributed by atoms with Crippen molar-refractivity contribution in [3.05, 3.63) is 41.1 Å². The molecule has 37 heavy (non-hydrogen) atoms. The Hall–Kier alpha value is -3.63. The number of β-lactam (4-membered cyclic amide) rings is 1. The van der Waals surface area contributed by atoms with Gasteiger partial charge < -0.3 is 26.2 Å². The molecule has 16 heteroatoms. The number of nitrogens with zero attached hydrogens (tertiary/aromatic N) is 5. The predicted octanol–water partition coefficient (Wildman–Crippen LogP) is -0.360. The molecule has 3 unspecified atom stereocenters. The average Bonchev–Trinajstić information content (AvgIpc) is 3.38. The van der Waals surface area contributed by atoms with E-state index >= 15 is 0 Å². The molecular formula is C21H24N8O6S2. The maximum absolute atomic E-state index is 13.0. The van der Waals surface area contributed by atoms with Crippen LogP contribution < -0.4 is 16.0 Å². The zero-order valence-electron chi connectivity index (χ0n) is 19.7. The number of rotatable bonds is 10. The molecule has 2 aliphatic rings. The van der Waals surface area contributed by atoms with E-state index in [1.54, 1.807) is 12.1 Å². The van der Waals surface area contributed by atoms with Crippen molar-refractivity contribution in [2.45, 2.75) is 34.3 Å². The lowest BCUT2D eigenvalue weighted by Gasteiger charge is -2.50. The number of carbonyl (C=O) groups is 4. The summed E-state index contributed by atoms with van der Waals surface area (Å²) in [5.41, 5.74) is 7.57. The second kappa shape index (κ2) is 10.8. The van der Waals surface area contributed by atoms with E-state index < -0.39 is 52.9 Å². The van der Waals surface area contributed by atoms with E-state index in [-0.39, 0.29) is 22.2 Å². The van der Waals surface area contributed by atoms with E-state index in [0.717, 1.165) is 22.3 Å². The van der Waals surface area contributed by atoms with Gasteiger partial charge >= 0.3 is 11.9 Å². The molecule has 0 spiro atoms. The summed E-state index contributed by atoms with van der Waals surface area (Å²) in [6, 6.07) is 5.11. The van der Waals surface area contributed by atoms with E-state index in [2.05, 4.69) is 25.9 Å². The van der Waals surface area contributed by atoms with E-state index in [4.69, 9.17) is 5.73 Å². The number of amides is 2. The van der Waals surface area contributed by atoms with Crippen molar-refractivity contribution in [3.63, 3.8) is 0 Å². The Balaban J connectivity index is 1.51. The molecule has 0 aliphatic carbocycles. The smallest absolute Gasteiger partial charge is 0.352 e. The molecule has 1 aromatic heterocycles. The first-order valence-corrected chi connectivity index (χ1v) is 12.9. The number of nitrogens with two attached hydrogens (primary N) is 1. The van der Waals surface area contributed by atoms with Crippen molar-refractivity contribution in [1.82, 2.24) is 30.8 Å². The number of aliphatic carboxylic acids is 2. The fourth-order valence-corrected chi connectivity index (χ4v) is 6.53. The molecule has 0 radical (unpaired) electrons. The van der Waals surface area contributed by atoms with Gasteiger partial charge in [-0.1, -0.05) is 23.9 Å². The van der Waals surface area contributed by atoms with Crippen LogP contribution in [0.1, 0.15) is 18.0 Å². The van der Waals surface area contributed by atoms with Crippen LogP contribution in [0.5, 0.6) is 0 Å². The van der Waals surface area contributed by atoms with Gasteiger partial charge in [0.1, 0.15) is 23.2 Å². The third-order valence-corrected chi connectivity index (χ3v) is 8.31. The van der Waals surface area contributed by atoms with Crippen molar-refractivity contribution in [2.24, 2.45) is 5.73 Å². The number of benzene rings is 1. The molecule has 0 saturated carbocycles. The van der Waals surface area contributed by atoms with Crippen LogP contribution in [0.4, 0.5) is 5.69 Å². The highest BCUT2D eigenvalue weighted by atomic mass is 32.2. The molecule has 4 rings (SSSR count). The summed E-state index contributed by atoms with van der Waals surface area (Å²) in [4.78, 5) is 52.5. The highest BCUT2D eigenvalue weighted by Gasteiger charge is 2.55. The van der Waals surface area contributed by atoms with Gasteiger partial charge in [0, 0.05) is 30.8 Å². The van der Waals surface area contributed by atoms with Gasteiger partial charge in [-0.25, -0.2) is 9.89 Å². The van der Waals surface area contributed by atoms with E-state index in [0.29, 0.717) is 5.56 Å². The first kappa shape index (κ1) is 26.4.